The molecule has 3 aliphatic rings. The first-order valence-electron chi connectivity index (χ1n) is 10.4. The summed E-state index contributed by atoms with van der Waals surface area (Å²) in [6, 6.07) is 15.4. The summed E-state index contributed by atoms with van der Waals surface area (Å²) in [5.41, 5.74) is 4.64. The van der Waals surface area contributed by atoms with Gasteiger partial charge in [-0.25, -0.2) is 0 Å². The van der Waals surface area contributed by atoms with Crippen molar-refractivity contribution < 1.29 is 4.74 Å². The van der Waals surface area contributed by atoms with Gasteiger partial charge in [-0.2, -0.15) is 0 Å². The molecule has 0 atom stereocenters. The third kappa shape index (κ3) is 4.11. The topological polar surface area (TPSA) is 28.6 Å². The zero-order valence-corrected chi connectivity index (χ0v) is 17.3. The molecule has 0 amide bonds. The van der Waals surface area contributed by atoms with Gasteiger partial charge in [-0.1, -0.05) is 48.0 Å². The highest BCUT2D eigenvalue weighted by Gasteiger charge is 2.31. The van der Waals surface area contributed by atoms with Crippen LogP contribution < -0.4 is 0 Å². The van der Waals surface area contributed by atoms with E-state index in [9.17, 15) is 0 Å². The van der Waals surface area contributed by atoms with Crippen molar-refractivity contribution >= 4 is 17.4 Å². The smallest absolute Gasteiger partial charge is 0.151 e. The number of halogens is 1. The number of likely N-dealkylation sites (tertiary alicyclic amines) is 1. The number of ether oxygens (including phenoxy) is 1. The third-order valence-corrected chi connectivity index (χ3v) is 6.40. The fraction of sp³-hybridized carbons (Fsp3) is 0.375. The summed E-state index contributed by atoms with van der Waals surface area (Å²) in [6.07, 6.45) is 6.99. The number of aromatic nitrogens is 1. The van der Waals surface area contributed by atoms with Gasteiger partial charge in [0, 0.05) is 42.4 Å². The maximum atomic E-state index is 6.52. The molecule has 150 valence electrons. The molecule has 0 radical (unpaired) electrons. The van der Waals surface area contributed by atoms with Gasteiger partial charge < -0.3 is 4.74 Å². The minimum absolute atomic E-state index is 0.551. The predicted molar refractivity (Wildman–Crippen MR) is 116 cm³/mol. The van der Waals surface area contributed by atoms with Crippen LogP contribution in [0.2, 0.25) is 0 Å². The van der Waals surface area contributed by atoms with Gasteiger partial charge in [-0.05, 0) is 49.2 Å². The number of benzene rings is 1. The Morgan fingerprint density at radius 3 is 2.72 bits per heavy atom. The zero-order chi connectivity index (χ0) is 19.6. The van der Waals surface area contributed by atoms with E-state index in [1.54, 1.807) is 0 Å². The van der Waals surface area contributed by atoms with Gasteiger partial charge in [0.1, 0.15) is 12.4 Å². The predicted octanol–water partition coefficient (Wildman–Crippen LogP) is 4.43. The molecule has 2 aliphatic heterocycles. The van der Waals surface area contributed by atoms with E-state index >= 15 is 0 Å². The molecule has 0 unspecified atom stereocenters. The Balaban J connectivity index is 1.26. The van der Waals surface area contributed by atoms with Crippen LogP contribution in [0.1, 0.15) is 29.7 Å². The van der Waals surface area contributed by atoms with Gasteiger partial charge in [-0.3, -0.25) is 14.8 Å². The lowest BCUT2D eigenvalue weighted by Gasteiger charge is -2.40. The second-order valence-electron chi connectivity index (χ2n) is 8.15. The zero-order valence-electron chi connectivity index (χ0n) is 16.6. The molecule has 1 aromatic carbocycles. The van der Waals surface area contributed by atoms with Crippen LogP contribution in [0.4, 0.5) is 0 Å². The van der Waals surface area contributed by atoms with Crippen molar-refractivity contribution in [3.05, 3.63) is 82.2 Å². The molecular weight excluding hydrogens is 382 g/mol. The van der Waals surface area contributed by atoms with Crippen molar-refractivity contribution in [1.82, 2.24) is 14.8 Å². The molecule has 1 aromatic heterocycles. The van der Waals surface area contributed by atoms with Gasteiger partial charge in [0.15, 0.2) is 5.76 Å². The number of hydrogen-bond acceptors (Lipinski definition) is 4. The maximum Gasteiger partial charge on any atom is 0.151 e. The molecule has 0 spiro atoms. The summed E-state index contributed by atoms with van der Waals surface area (Å²) >= 11 is 6.52. The van der Waals surface area contributed by atoms with Crippen molar-refractivity contribution in [1.29, 1.82) is 0 Å². The van der Waals surface area contributed by atoms with Crippen molar-refractivity contribution in [3.8, 4) is 0 Å². The lowest BCUT2D eigenvalue weighted by atomic mass is 10.0. The summed E-state index contributed by atoms with van der Waals surface area (Å²) < 4.78 is 6.25. The first-order chi connectivity index (χ1) is 14.3. The standard InChI is InChI=1S/C24H26ClN3O/c25-21-13-19-7-4-10-26-23(19)24-20(14-21)16-28(17-29-24)22-8-11-27(12-9-22)15-18-5-2-1-3-6-18/h1-7,10,14,22H,8-9,11-13,15-17H2. The number of piperidine rings is 1. The molecule has 29 heavy (non-hydrogen) atoms. The summed E-state index contributed by atoms with van der Waals surface area (Å²) in [5.74, 6) is 0.911. The van der Waals surface area contributed by atoms with Crippen LogP contribution in [0, 0.1) is 0 Å². The van der Waals surface area contributed by atoms with Crippen LogP contribution in [0.5, 0.6) is 0 Å². The highest BCUT2D eigenvalue weighted by atomic mass is 35.5. The number of fused-ring (bicyclic) bond motifs is 2. The van der Waals surface area contributed by atoms with Gasteiger partial charge >= 0.3 is 0 Å². The van der Waals surface area contributed by atoms with Crippen LogP contribution in [-0.2, 0) is 17.7 Å². The lowest BCUT2D eigenvalue weighted by molar-refractivity contribution is 0.0291. The van der Waals surface area contributed by atoms with Gasteiger partial charge in [0.05, 0.1) is 0 Å². The normalized spacial score (nSPS) is 21.1. The van der Waals surface area contributed by atoms with Crippen molar-refractivity contribution in [3.63, 3.8) is 0 Å². The molecule has 4 nitrogen and oxygen atoms in total. The second kappa shape index (κ2) is 8.31. The molecule has 0 N–H and O–H groups in total. The van der Waals surface area contributed by atoms with Crippen LogP contribution in [0.25, 0.3) is 5.76 Å². The number of nitrogens with zero attached hydrogens (tertiary/aromatic N) is 3. The summed E-state index contributed by atoms with van der Waals surface area (Å²) in [7, 11) is 0. The minimum atomic E-state index is 0.551. The average Bonchev–Trinajstić information content (AvgIpc) is 2.89. The van der Waals surface area contributed by atoms with E-state index in [1.165, 1.54) is 18.4 Å². The molecule has 0 bridgehead atoms. The SMILES string of the molecule is ClC1=CC2=C(OCN(C3CCN(Cc4ccccc4)CC3)C2)c2ncccc2C1. The first-order valence-corrected chi connectivity index (χ1v) is 10.8. The van der Waals surface area contributed by atoms with Crippen molar-refractivity contribution in [2.75, 3.05) is 26.4 Å². The van der Waals surface area contributed by atoms with E-state index in [4.69, 9.17) is 16.3 Å². The quantitative estimate of drug-likeness (QED) is 0.752. The molecule has 0 saturated carbocycles. The Labute approximate surface area is 177 Å². The molecule has 5 rings (SSSR count). The molecule has 1 saturated heterocycles. The first kappa shape index (κ1) is 18.9. The van der Waals surface area contributed by atoms with Crippen LogP contribution in [-0.4, -0.2) is 47.2 Å². The van der Waals surface area contributed by atoms with E-state index in [0.29, 0.717) is 12.8 Å². The van der Waals surface area contributed by atoms with E-state index in [0.717, 1.165) is 60.2 Å². The van der Waals surface area contributed by atoms with Crippen LogP contribution in [0.15, 0.2) is 65.3 Å². The van der Waals surface area contributed by atoms with Crippen LogP contribution in [0.3, 0.4) is 0 Å². The van der Waals surface area contributed by atoms with E-state index < -0.39 is 0 Å². The molecule has 1 aliphatic carbocycles. The Morgan fingerprint density at radius 1 is 1.07 bits per heavy atom. The number of allylic oxidation sites excluding steroid dienone is 1. The van der Waals surface area contributed by atoms with Gasteiger partial charge in [0.25, 0.3) is 0 Å². The van der Waals surface area contributed by atoms with Crippen molar-refractivity contribution in [2.24, 2.45) is 0 Å². The second-order valence-corrected chi connectivity index (χ2v) is 8.63. The summed E-state index contributed by atoms with van der Waals surface area (Å²) in [6.45, 7) is 4.81. The Hall–Kier alpha value is -2.14. The average molecular weight is 408 g/mol. The monoisotopic (exact) mass is 407 g/mol. The van der Waals surface area contributed by atoms with E-state index in [2.05, 4.69) is 57.3 Å². The number of pyridine rings is 1. The highest BCUT2D eigenvalue weighted by Crippen LogP contribution is 2.34. The minimum Gasteiger partial charge on any atom is -0.476 e. The fourth-order valence-electron chi connectivity index (χ4n) is 4.63. The number of rotatable bonds is 3. The maximum absolute atomic E-state index is 6.52. The third-order valence-electron chi connectivity index (χ3n) is 6.16. The fourth-order valence-corrected chi connectivity index (χ4v) is 4.91. The van der Waals surface area contributed by atoms with Gasteiger partial charge in [0.2, 0.25) is 0 Å². The van der Waals surface area contributed by atoms with E-state index in [1.807, 2.05) is 12.3 Å². The van der Waals surface area contributed by atoms with Gasteiger partial charge in [-0.15, -0.1) is 0 Å². The molecule has 1 fully saturated rings. The van der Waals surface area contributed by atoms with E-state index in [-0.39, 0.29) is 0 Å². The molecule has 3 heterocycles. The Kier molecular flexibility index (Phi) is 5.40. The lowest BCUT2D eigenvalue weighted by Crippen LogP contribution is -2.47. The molecular formula is C24H26ClN3O. The largest absolute Gasteiger partial charge is 0.476 e. The molecule has 5 heteroatoms. The van der Waals surface area contributed by atoms with Crippen molar-refractivity contribution in [2.45, 2.75) is 31.8 Å². The Morgan fingerprint density at radius 2 is 1.90 bits per heavy atom. The summed E-state index contributed by atoms with van der Waals surface area (Å²) in [5, 5.41) is 0.854. The van der Waals surface area contributed by atoms with Crippen LogP contribution >= 0.6 is 11.6 Å². The summed E-state index contributed by atoms with van der Waals surface area (Å²) in [4.78, 5) is 9.61. The number of hydrogen-bond donors (Lipinski definition) is 0. The molecule has 2 aromatic rings. The highest BCUT2D eigenvalue weighted by molar-refractivity contribution is 6.30. The Bertz CT molecular complexity index is 932.